The fraction of sp³-hybridized carbons (Fsp3) is 0.143. The third kappa shape index (κ3) is 0.877. The summed E-state index contributed by atoms with van der Waals surface area (Å²) in [4.78, 5) is 0. The van der Waals surface area contributed by atoms with Gasteiger partial charge in [0.15, 0.2) is 0 Å². The lowest BCUT2D eigenvalue weighted by Crippen LogP contribution is -1.85. The maximum absolute atomic E-state index is 7.18. The van der Waals surface area contributed by atoms with Crippen molar-refractivity contribution in [1.29, 1.82) is 0 Å². The number of aromatic nitrogens is 3. The van der Waals surface area contributed by atoms with Gasteiger partial charge in [-0.2, -0.15) is 0 Å². The largest absolute Gasteiger partial charge is 0.258 e. The number of rotatable bonds is 1. The molecule has 1 heterocycles. The lowest BCUT2D eigenvalue weighted by Gasteiger charge is -1.93. The van der Waals surface area contributed by atoms with Gasteiger partial charge in [0.05, 0.1) is 5.52 Å². The van der Waals surface area contributed by atoms with E-state index in [-0.39, 0.29) is 6.54 Å². The Morgan fingerprint density at radius 3 is 3.18 bits per heavy atom. The Labute approximate surface area is 63.4 Å². The smallest absolute Gasteiger partial charge is 0.117 e. The summed E-state index contributed by atoms with van der Waals surface area (Å²) in [7, 11) is 0. The molecule has 1 radical (unpaired) electrons. The quantitative estimate of drug-likeness (QED) is 0.646. The normalized spacial score (nSPS) is 10.6. The predicted molar refractivity (Wildman–Crippen MR) is 40.7 cm³/mol. The van der Waals surface area contributed by atoms with Crippen molar-refractivity contribution in [3.63, 3.8) is 0 Å². The van der Waals surface area contributed by atoms with Gasteiger partial charge in [-0.25, -0.2) is 0 Å². The van der Waals surface area contributed by atoms with Crippen molar-refractivity contribution in [1.82, 2.24) is 21.1 Å². The minimum absolute atomic E-state index is 0.254. The Morgan fingerprint density at radius 2 is 2.36 bits per heavy atom. The summed E-state index contributed by atoms with van der Waals surface area (Å²) in [6.07, 6.45) is 0. The third-order valence-corrected chi connectivity index (χ3v) is 1.63. The van der Waals surface area contributed by atoms with Gasteiger partial charge in [0.25, 0.3) is 0 Å². The first kappa shape index (κ1) is 6.30. The van der Waals surface area contributed by atoms with Crippen LogP contribution in [0.3, 0.4) is 0 Å². The van der Waals surface area contributed by atoms with E-state index in [0.29, 0.717) is 0 Å². The summed E-state index contributed by atoms with van der Waals surface area (Å²) < 4.78 is 0. The summed E-state index contributed by atoms with van der Waals surface area (Å²) >= 11 is 0. The van der Waals surface area contributed by atoms with Gasteiger partial charge in [-0.05, 0) is 11.6 Å². The molecule has 0 saturated heterocycles. The average molecular weight is 147 g/mol. The molecule has 0 atom stereocenters. The van der Waals surface area contributed by atoms with Crippen LogP contribution in [0.15, 0.2) is 18.2 Å². The zero-order chi connectivity index (χ0) is 7.68. The maximum atomic E-state index is 7.18. The van der Waals surface area contributed by atoms with Crippen LogP contribution in [-0.4, -0.2) is 15.4 Å². The van der Waals surface area contributed by atoms with Crippen LogP contribution in [0.1, 0.15) is 5.56 Å². The zero-order valence-electron chi connectivity index (χ0n) is 5.83. The van der Waals surface area contributed by atoms with E-state index in [2.05, 4.69) is 15.4 Å². The van der Waals surface area contributed by atoms with E-state index in [1.165, 1.54) is 0 Å². The monoisotopic (exact) mass is 147 g/mol. The Bertz CT molecular complexity index is 365. The topological polar surface area (TPSA) is 65.4 Å². The zero-order valence-corrected chi connectivity index (χ0v) is 5.83. The number of hydrogen-bond donors (Lipinski definition) is 1. The fourth-order valence-corrected chi connectivity index (χ4v) is 1.07. The molecule has 0 aliphatic carbocycles. The first-order valence-corrected chi connectivity index (χ1v) is 3.35. The van der Waals surface area contributed by atoms with Crippen LogP contribution < -0.4 is 5.73 Å². The molecule has 11 heavy (non-hydrogen) atoms. The molecule has 2 aromatic rings. The van der Waals surface area contributed by atoms with Gasteiger partial charge in [-0.1, -0.05) is 17.3 Å². The Balaban J connectivity index is 2.79. The second-order valence-corrected chi connectivity index (χ2v) is 2.30. The van der Waals surface area contributed by atoms with Crippen LogP contribution in [0.25, 0.3) is 11.0 Å². The van der Waals surface area contributed by atoms with Crippen LogP contribution in [0.2, 0.25) is 0 Å². The SMILES string of the molecule is [NH]Cc1cccc2[nH]nnc12. The molecule has 0 saturated carbocycles. The number of fused-ring (bicyclic) bond motifs is 1. The highest BCUT2D eigenvalue weighted by atomic mass is 15.3. The molecule has 0 amide bonds. The van der Waals surface area contributed by atoms with Crippen molar-refractivity contribution >= 4 is 11.0 Å². The van der Waals surface area contributed by atoms with Gasteiger partial charge in [0, 0.05) is 6.54 Å². The average Bonchev–Trinajstić information content (AvgIpc) is 2.50. The highest BCUT2D eigenvalue weighted by Gasteiger charge is 2.00. The van der Waals surface area contributed by atoms with Crippen LogP contribution in [0.5, 0.6) is 0 Å². The van der Waals surface area contributed by atoms with Crippen LogP contribution >= 0.6 is 0 Å². The van der Waals surface area contributed by atoms with Gasteiger partial charge in [0.2, 0.25) is 0 Å². The molecule has 55 valence electrons. The van der Waals surface area contributed by atoms with Crippen LogP contribution in [0, 0.1) is 0 Å². The first-order chi connectivity index (χ1) is 5.42. The highest BCUT2D eigenvalue weighted by molar-refractivity contribution is 5.77. The summed E-state index contributed by atoms with van der Waals surface area (Å²) in [6, 6.07) is 5.68. The molecule has 0 spiro atoms. The summed E-state index contributed by atoms with van der Waals surface area (Å²) in [5.41, 5.74) is 9.80. The third-order valence-electron chi connectivity index (χ3n) is 1.63. The second-order valence-electron chi connectivity index (χ2n) is 2.30. The summed E-state index contributed by atoms with van der Waals surface area (Å²) in [5, 5.41) is 10.3. The molecular weight excluding hydrogens is 140 g/mol. The number of aromatic amines is 1. The van der Waals surface area contributed by atoms with E-state index in [0.717, 1.165) is 16.6 Å². The standard InChI is InChI=1S/C7H7N4/c8-4-5-2-1-3-6-7(5)10-11-9-6/h1-3,8H,4H2,(H,9,10,11). The molecule has 0 aliphatic heterocycles. The lowest BCUT2D eigenvalue weighted by molar-refractivity contribution is 0.952. The van der Waals surface area contributed by atoms with Gasteiger partial charge in [-0.15, -0.1) is 5.10 Å². The predicted octanol–water partition coefficient (Wildman–Crippen LogP) is 0.741. The molecule has 0 aliphatic rings. The van der Waals surface area contributed by atoms with Gasteiger partial charge in [0.1, 0.15) is 5.52 Å². The number of benzene rings is 1. The van der Waals surface area contributed by atoms with E-state index >= 15 is 0 Å². The summed E-state index contributed by atoms with van der Waals surface area (Å²) in [6.45, 7) is 0.254. The molecule has 2 N–H and O–H groups in total. The number of hydrogen-bond acceptors (Lipinski definition) is 2. The van der Waals surface area contributed by atoms with Gasteiger partial charge in [-0.3, -0.25) is 10.8 Å². The molecule has 1 aromatic carbocycles. The van der Waals surface area contributed by atoms with E-state index in [4.69, 9.17) is 5.73 Å². The minimum atomic E-state index is 0.254. The van der Waals surface area contributed by atoms with Crippen molar-refractivity contribution in [2.75, 3.05) is 0 Å². The molecule has 0 unspecified atom stereocenters. The second kappa shape index (κ2) is 2.32. The lowest BCUT2D eigenvalue weighted by atomic mass is 10.2. The Hall–Kier alpha value is -1.42. The number of H-pyrrole nitrogens is 1. The van der Waals surface area contributed by atoms with Crippen LogP contribution in [0.4, 0.5) is 0 Å². The van der Waals surface area contributed by atoms with E-state index in [9.17, 15) is 0 Å². The van der Waals surface area contributed by atoms with Crippen molar-refractivity contribution in [2.45, 2.75) is 6.54 Å². The molecule has 1 aromatic heterocycles. The van der Waals surface area contributed by atoms with Crippen LogP contribution in [-0.2, 0) is 6.54 Å². The first-order valence-electron chi connectivity index (χ1n) is 3.35. The Kier molecular flexibility index (Phi) is 1.33. The van der Waals surface area contributed by atoms with E-state index in [1.54, 1.807) is 0 Å². The van der Waals surface area contributed by atoms with Crippen molar-refractivity contribution < 1.29 is 0 Å². The molecule has 2 rings (SSSR count). The van der Waals surface area contributed by atoms with Gasteiger partial charge < -0.3 is 0 Å². The number of nitrogens with one attached hydrogen (secondary N) is 2. The molecular formula is C7H7N4. The fourth-order valence-electron chi connectivity index (χ4n) is 1.07. The molecule has 4 heteroatoms. The molecule has 0 fully saturated rings. The minimum Gasteiger partial charge on any atom is -0.258 e. The summed E-state index contributed by atoms with van der Waals surface area (Å²) in [5.74, 6) is 0. The molecule has 4 nitrogen and oxygen atoms in total. The van der Waals surface area contributed by atoms with Crippen molar-refractivity contribution in [3.05, 3.63) is 23.8 Å². The highest BCUT2D eigenvalue weighted by Crippen LogP contribution is 2.12. The van der Waals surface area contributed by atoms with E-state index < -0.39 is 0 Å². The maximum Gasteiger partial charge on any atom is 0.117 e. The van der Waals surface area contributed by atoms with Crippen molar-refractivity contribution in [2.24, 2.45) is 0 Å². The van der Waals surface area contributed by atoms with Crippen molar-refractivity contribution in [3.8, 4) is 0 Å². The van der Waals surface area contributed by atoms with Gasteiger partial charge >= 0.3 is 0 Å². The number of nitrogens with zero attached hydrogens (tertiary/aromatic N) is 2. The molecule has 0 bridgehead atoms. The Morgan fingerprint density at radius 1 is 1.45 bits per heavy atom. The van der Waals surface area contributed by atoms with E-state index in [1.807, 2.05) is 18.2 Å².